The lowest BCUT2D eigenvalue weighted by Crippen LogP contribution is -2.50. The first-order chi connectivity index (χ1) is 15.1. The maximum absolute atomic E-state index is 12.6. The molecule has 1 fully saturated rings. The number of para-hydroxylation sites is 1. The van der Waals surface area contributed by atoms with Gasteiger partial charge in [-0.2, -0.15) is 5.10 Å². The fraction of sp³-hybridized carbons (Fsp3) is 0.333. The molecule has 0 N–H and O–H groups in total. The lowest BCUT2D eigenvalue weighted by Gasteiger charge is -2.36. The van der Waals surface area contributed by atoms with Crippen LogP contribution in [0.5, 0.6) is 11.5 Å². The molecule has 0 spiro atoms. The highest BCUT2D eigenvalue weighted by Crippen LogP contribution is 2.27. The second-order valence-corrected chi connectivity index (χ2v) is 7.60. The predicted octanol–water partition coefficient (Wildman–Crippen LogP) is 3.23. The molecule has 0 aliphatic carbocycles. The summed E-state index contributed by atoms with van der Waals surface area (Å²) in [6.45, 7) is 7.03. The number of anilines is 1. The zero-order valence-electron chi connectivity index (χ0n) is 18.2. The SMILES string of the molecule is COc1cccc(OCC(=O)N2CCN(c3c(C)nn(-c4ccccc4)c3C)CC2)c1. The number of methoxy groups -OCH3 is 1. The van der Waals surface area contributed by atoms with Crippen LogP contribution in [0.3, 0.4) is 0 Å². The van der Waals surface area contributed by atoms with Crippen molar-refractivity contribution >= 4 is 11.6 Å². The van der Waals surface area contributed by atoms with Gasteiger partial charge in [0.05, 0.1) is 29.9 Å². The van der Waals surface area contributed by atoms with Crippen molar-refractivity contribution in [1.29, 1.82) is 0 Å². The van der Waals surface area contributed by atoms with E-state index in [-0.39, 0.29) is 12.5 Å². The number of hydrogen-bond acceptors (Lipinski definition) is 5. The summed E-state index contributed by atoms with van der Waals surface area (Å²) in [4.78, 5) is 16.8. The Kier molecular flexibility index (Phi) is 6.11. The standard InChI is InChI=1S/C24H28N4O3/c1-18-24(19(2)28(25-18)20-8-5-4-6-9-20)27-14-12-26(13-15-27)23(29)17-31-22-11-7-10-21(16-22)30-3/h4-11,16H,12-15,17H2,1-3H3. The fourth-order valence-electron chi connectivity index (χ4n) is 4.02. The molecule has 0 atom stereocenters. The maximum Gasteiger partial charge on any atom is 0.260 e. The monoisotopic (exact) mass is 420 g/mol. The van der Waals surface area contributed by atoms with Gasteiger partial charge in [-0.25, -0.2) is 4.68 Å². The largest absolute Gasteiger partial charge is 0.497 e. The molecule has 0 radical (unpaired) electrons. The van der Waals surface area contributed by atoms with Crippen LogP contribution in [-0.2, 0) is 4.79 Å². The summed E-state index contributed by atoms with van der Waals surface area (Å²) < 4.78 is 12.9. The Bertz CT molecular complexity index is 1040. The quantitative estimate of drug-likeness (QED) is 0.613. The van der Waals surface area contributed by atoms with Crippen LogP contribution in [0.4, 0.5) is 5.69 Å². The summed E-state index contributed by atoms with van der Waals surface area (Å²) in [6.07, 6.45) is 0. The molecule has 31 heavy (non-hydrogen) atoms. The number of rotatable bonds is 6. The first-order valence-electron chi connectivity index (χ1n) is 10.5. The second kappa shape index (κ2) is 9.12. The number of hydrogen-bond donors (Lipinski definition) is 0. The molecule has 2 heterocycles. The number of ether oxygens (including phenoxy) is 2. The van der Waals surface area contributed by atoms with Crippen molar-refractivity contribution in [2.24, 2.45) is 0 Å². The number of amides is 1. The van der Waals surface area contributed by atoms with Gasteiger partial charge in [0.15, 0.2) is 6.61 Å². The third-order valence-corrected chi connectivity index (χ3v) is 5.61. The molecule has 7 heteroatoms. The smallest absolute Gasteiger partial charge is 0.260 e. The van der Waals surface area contributed by atoms with Crippen LogP contribution in [0.15, 0.2) is 54.6 Å². The van der Waals surface area contributed by atoms with Crippen molar-refractivity contribution in [3.05, 3.63) is 66.0 Å². The third kappa shape index (κ3) is 4.50. The number of piperazine rings is 1. The minimum Gasteiger partial charge on any atom is -0.497 e. The van der Waals surface area contributed by atoms with Crippen molar-refractivity contribution in [2.75, 3.05) is 44.8 Å². The Morgan fingerprint density at radius 2 is 1.68 bits per heavy atom. The van der Waals surface area contributed by atoms with Crippen molar-refractivity contribution in [3.8, 4) is 17.2 Å². The van der Waals surface area contributed by atoms with Gasteiger partial charge in [0, 0.05) is 32.2 Å². The fourth-order valence-corrected chi connectivity index (χ4v) is 4.02. The molecule has 1 aliphatic rings. The lowest BCUT2D eigenvalue weighted by molar-refractivity contribution is -0.133. The van der Waals surface area contributed by atoms with Gasteiger partial charge in [-0.15, -0.1) is 0 Å². The second-order valence-electron chi connectivity index (χ2n) is 7.60. The minimum atomic E-state index is -0.00380. The van der Waals surface area contributed by atoms with Crippen molar-refractivity contribution in [3.63, 3.8) is 0 Å². The van der Waals surface area contributed by atoms with Gasteiger partial charge in [-0.05, 0) is 38.1 Å². The van der Waals surface area contributed by atoms with E-state index >= 15 is 0 Å². The number of nitrogens with zero attached hydrogens (tertiary/aromatic N) is 4. The van der Waals surface area contributed by atoms with Crippen LogP contribution in [-0.4, -0.2) is 60.5 Å². The summed E-state index contributed by atoms with van der Waals surface area (Å²) in [6, 6.07) is 17.4. The van der Waals surface area contributed by atoms with Gasteiger partial charge in [0.1, 0.15) is 11.5 Å². The Morgan fingerprint density at radius 1 is 0.968 bits per heavy atom. The highest BCUT2D eigenvalue weighted by atomic mass is 16.5. The highest BCUT2D eigenvalue weighted by molar-refractivity contribution is 5.78. The van der Waals surface area contributed by atoms with E-state index in [1.807, 2.05) is 52.9 Å². The first-order valence-corrected chi connectivity index (χ1v) is 10.5. The van der Waals surface area contributed by atoms with Gasteiger partial charge in [-0.3, -0.25) is 4.79 Å². The Labute approximate surface area is 182 Å². The van der Waals surface area contributed by atoms with Crippen LogP contribution in [0.1, 0.15) is 11.4 Å². The molecule has 162 valence electrons. The third-order valence-electron chi connectivity index (χ3n) is 5.61. The molecule has 1 saturated heterocycles. The van der Waals surface area contributed by atoms with Crippen LogP contribution in [0.2, 0.25) is 0 Å². The molecule has 0 bridgehead atoms. The van der Waals surface area contributed by atoms with Crippen molar-refractivity contribution in [2.45, 2.75) is 13.8 Å². The summed E-state index contributed by atoms with van der Waals surface area (Å²) in [7, 11) is 1.61. The highest BCUT2D eigenvalue weighted by Gasteiger charge is 2.25. The van der Waals surface area contributed by atoms with E-state index in [2.05, 4.69) is 24.0 Å². The van der Waals surface area contributed by atoms with E-state index in [4.69, 9.17) is 14.6 Å². The molecular weight excluding hydrogens is 392 g/mol. The molecule has 0 unspecified atom stereocenters. The van der Waals surface area contributed by atoms with Gasteiger partial charge in [0.25, 0.3) is 5.91 Å². The Hall–Kier alpha value is -3.48. The minimum absolute atomic E-state index is 0.00380. The normalized spacial score (nSPS) is 13.9. The van der Waals surface area contributed by atoms with E-state index in [9.17, 15) is 4.79 Å². The number of benzene rings is 2. The number of carbonyl (C=O) groups excluding carboxylic acids is 1. The van der Waals surface area contributed by atoms with Crippen molar-refractivity contribution < 1.29 is 14.3 Å². The number of aryl methyl sites for hydroxylation is 1. The molecule has 1 amide bonds. The van der Waals surface area contributed by atoms with Gasteiger partial charge >= 0.3 is 0 Å². The summed E-state index contributed by atoms with van der Waals surface area (Å²) in [5, 5.41) is 4.75. The zero-order valence-corrected chi connectivity index (χ0v) is 18.2. The first kappa shape index (κ1) is 20.8. The Balaban J connectivity index is 1.36. The van der Waals surface area contributed by atoms with Crippen LogP contribution in [0, 0.1) is 13.8 Å². The summed E-state index contributed by atoms with van der Waals surface area (Å²) in [5.74, 6) is 1.34. The molecule has 1 aromatic heterocycles. The Morgan fingerprint density at radius 3 is 2.39 bits per heavy atom. The molecule has 2 aromatic carbocycles. The summed E-state index contributed by atoms with van der Waals surface area (Å²) in [5.41, 5.74) is 4.33. The molecular formula is C24H28N4O3. The van der Waals surface area contributed by atoms with E-state index in [0.29, 0.717) is 24.6 Å². The van der Waals surface area contributed by atoms with E-state index in [1.165, 1.54) is 0 Å². The number of aromatic nitrogens is 2. The topological polar surface area (TPSA) is 59.8 Å². The van der Waals surface area contributed by atoms with E-state index in [0.717, 1.165) is 35.9 Å². The molecule has 7 nitrogen and oxygen atoms in total. The van der Waals surface area contributed by atoms with Crippen LogP contribution < -0.4 is 14.4 Å². The predicted molar refractivity (Wildman–Crippen MR) is 120 cm³/mol. The molecule has 0 saturated carbocycles. The zero-order chi connectivity index (χ0) is 21.8. The van der Waals surface area contributed by atoms with E-state index in [1.54, 1.807) is 13.2 Å². The average Bonchev–Trinajstić information content (AvgIpc) is 3.12. The maximum atomic E-state index is 12.6. The van der Waals surface area contributed by atoms with E-state index < -0.39 is 0 Å². The van der Waals surface area contributed by atoms with Crippen LogP contribution in [0.25, 0.3) is 5.69 Å². The van der Waals surface area contributed by atoms with Gasteiger partial charge in [-0.1, -0.05) is 24.3 Å². The number of carbonyl (C=O) groups is 1. The average molecular weight is 421 g/mol. The molecule has 3 aromatic rings. The molecule has 1 aliphatic heterocycles. The van der Waals surface area contributed by atoms with Gasteiger partial charge < -0.3 is 19.3 Å². The molecule has 4 rings (SSSR count). The van der Waals surface area contributed by atoms with Crippen LogP contribution >= 0.6 is 0 Å². The van der Waals surface area contributed by atoms with Crippen molar-refractivity contribution in [1.82, 2.24) is 14.7 Å². The van der Waals surface area contributed by atoms with Gasteiger partial charge in [0.2, 0.25) is 0 Å². The lowest BCUT2D eigenvalue weighted by atomic mass is 10.2. The summed E-state index contributed by atoms with van der Waals surface area (Å²) >= 11 is 0.